The van der Waals surface area contributed by atoms with Gasteiger partial charge in [0.25, 0.3) is 0 Å². The number of aliphatic hydroxyl groups is 1. The van der Waals surface area contributed by atoms with Crippen LogP contribution in [0.1, 0.15) is 37.2 Å². The van der Waals surface area contributed by atoms with Gasteiger partial charge in [-0.3, -0.25) is 0 Å². The fourth-order valence-electron chi connectivity index (χ4n) is 2.69. The first-order valence-electron chi connectivity index (χ1n) is 7.53. The van der Waals surface area contributed by atoms with Crippen molar-refractivity contribution in [2.24, 2.45) is 0 Å². The lowest BCUT2D eigenvalue weighted by Gasteiger charge is -2.14. The van der Waals surface area contributed by atoms with Gasteiger partial charge < -0.3 is 14.8 Å². The number of furan rings is 1. The third kappa shape index (κ3) is 3.83. The average Bonchev–Trinajstić information content (AvgIpc) is 3.17. The SMILES string of the molecule is OCc1ccc(CNc2ccccc2SC2CCCC2)o1. The number of nitrogens with one attached hydrogen (secondary N) is 1. The van der Waals surface area contributed by atoms with E-state index in [-0.39, 0.29) is 6.61 Å². The molecule has 1 heterocycles. The molecule has 1 aromatic heterocycles. The third-order valence-electron chi connectivity index (χ3n) is 3.81. The number of rotatable bonds is 6. The van der Waals surface area contributed by atoms with E-state index in [4.69, 9.17) is 9.52 Å². The lowest BCUT2D eigenvalue weighted by atomic mass is 10.3. The fraction of sp³-hybridized carbons (Fsp3) is 0.412. The molecule has 21 heavy (non-hydrogen) atoms. The summed E-state index contributed by atoms with van der Waals surface area (Å²) < 4.78 is 5.51. The second kappa shape index (κ2) is 7.05. The minimum absolute atomic E-state index is 0.0475. The molecule has 3 rings (SSSR count). The minimum Gasteiger partial charge on any atom is -0.462 e. The molecule has 3 nitrogen and oxygen atoms in total. The van der Waals surface area contributed by atoms with Crippen molar-refractivity contribution in [2.45, 2.75) is 49.0 Å². The normalized spacial score (nSPS) is 15.5. The topological polar surface area (TPSA) is 45.4 Å². The van der Waals surface area contributed by atoms with Crippen molar-refractivity contribution in [3.63, 3.8) is 0 Å². The van der Waals surface area contributed by atoms with Crippen LogP contribution in [0.25, 0.3) is 0 Å². The second-order valence-electron chi connectivity index (χ2n) is 5.40. The Morgan fingerprint density at radius 3 is 2.62 bits per heavy atom. The van der Waals surface area contributed by atoms with E-state index in [9.17, 15) is 0 Å². The van der Waals surface area contributed by atoms with Crippen molar-refractivity contribution in [3.8, 4) is 0 Å². The maximum Gasteiger partial charge on any atom is 0.129 e. The van der Waals surface area contributed by atoms with Crippen LogP contribution in [-0.4, -0.2) is 10.4 Å². The number of anilines is 1. The zero-order chi connectivity index (χ0) is 14.5. The van der Waals surface area contributed by atoms with Gasteiger partial charge in [-0.25, -0.2) is 0 Å². The van der Waals surface area contributed by atoms with Crippen LogP contribution in [0, 0.1) is 0 Å². The fourth-order valence-corrected chi connectivity index (χ4v) is 4.04. The van der Waals surface area contributed by atoms with Gasteiger partial charge in [0.2, 0.25) is 0 Å². The van der Waals surface area contributed by atoms with Crippen LogP contribution in [0.15, 0.2) is 45.7 Å². The van der Waals surface area contributed by atoms with E-state index in [1.54, 1.807) is 0 Å². The summed E-state index contributed by atoms with van der Waals surface area (Å²) in [7, 11) is 0. The van der Waals surface area contributed by atoms with E-state index in [1.165, 1.54) is 30.6 Å². The standard InChI is InChI=1S/C17H21NO2S/c19-12-14-10-9-13(20-14)11-18-16-7-3-4-8-17(16)21-15-5-1-2-6-15/h3-4,7-10,15,18-19H,1-2,5-6,11-12H2. The molecular weight excluding hydrogens is 282 g/mol. The van der Waals surface area contributed by atoms with Crippen LogP contribution in [0.5, 0.6) is 0 Å². The molecule has 0 spiro atoms. The van der Waals surface area contributed by atoms with Gasteiger partial charge in [-0.15, -0.1) is 11.8 Å². The van der Waals surface area contributed by atoms with Crippen LogP contribution in [-0.2, 0) is 13.2 Å². The van der Waals surface area contributed by atoms with Crippen LogP contribution < -0.4 is 5.32 Å². The molecule has 112 valence electrons. The van der Waals surface area contributed by atoms with E-state index in [0.29, 0.717) is 12.3 Å². The summed E-state index contributed by atoms with van der Waals surface area (Å²) in [4.78, 5) is 1.32. The smallest absolute Gasteiger partial charge is 0.129 e. The molecule has 0 unspecified atom stereocenters. The summed E-state index contributed by atoms with van der Waals surface area (Å²) in [5, 5.41) is 13.2. The zero-order valence-electron chi connectivity index (χ0n) is 12.0. The van der Waals surface area contributed by atoms with Gasteiger partial charge in [-0.05, 0) is 37.1 Å². The van der Waals surface area contributed by atoms with Gasteiger partial charge >= 0.3 is 0 Å². The van der Waals surface area contributed by atoms with Crippen molar-refractivity contribution in [1.82, 2.24) is 0 Å². The predicted octanol–water partition coefficient (Wildman–Crippen LogP) is 4.42. The molecule has 0 radical (unpaired) electrons. The lowest BCUT2D eigenvalue weighted by Crippen LogP contribution is -2.01. The highest BCUT2D eigenvalue weighted by Crippen LogP contribution is 2.38. The summed E-state index contributed by atoms with van der Waals surface area (Å²) in [6, 6.07) is 12.2. The van der Waals surface area contributed by atoms with E-state index in [2.05, 4.69) is 29.6 Å². The number of benzene rings is 1. The number of para-hydroxylation sites is 1. The van der Waals surface area contributed by atoms with Crippen LogP contribution >= 0.6 is 11.8 Å². The molecule has 0 bridgehead atoms. The Morgan fingerprint density at radius 2 is 1.86 bits per heavy atom. The Hall–Kier alpha value is -1.39. The predicted molar refractivity (Wildman–Crippen MR) is 86.5 cm³/mol. The van der Waals surface area contributed by atoms with Gasteiger partial charge in [0.15, 0.2) is 0 Å². The van der Waals surface area contributed by atoms with Crippen LogP contribution in [0.3, 0.4) is 0 Å². The molecule has 0 saturated heterocycles. The Labute approximate surface area is 129 Å². The number of hydrogen-bond acceptors (Lipinski definition) is 4. The van der Waals surface area contributed by atoms with Gasteiger partial charge in [0, 0.05) is 15.8 Å². The first-order chi connectivity index (χ1) is 10.3. The summed E-state index contributed by atoms with van der Waals surface area (Å²) in [5.41, 5.74) is 1.16. The summed E-state index contributed by atoms with van der Waals surface area (Å²) >= 11 is 1.99. The van der Waals surface area contributed by atoms with Gasteiger partial charge in [-0.2, -0.15) is 0 Å². The highest BCUT2D eigenvalue weighted by Gasteiger charge is 2.17. The second-order valence-corrected chi connectivity index (χ2v) is 6.74. The van der Waals surface area contributed by atoms with Crippen molar-refractivity contribution < 1.29 is 9.52 Å². The molecule has 0 atom stereocenters. The minimum atomic E-state index is -0.0475. The van der Waals surface area contributed by atoms with Crippen molar-refractivity contribution >= 4 is 17.4 Å². The molecule has 4 heteroatoms. The maximum atomic E-state index is 9.02. The highest BCUT2D eigenvalue weighted by atomic mass is 32.2. The number of aliphatic hydroxyl groups excluding tert-OH is 1. The highest BCUT2D eigenvalue weighted by molar-refractivity contribution is 8.00. The number of hydrogen-bond donors (Lipinski definition) is 2. The van der Waals surface area contributed by atoms with Crippen LogP contribution in [0.2, 0.25) is 0 Å². The Balaban J connectivity index is 1.64. The molecule has 1 aromatic carbocycles. The molecule has 2 aromatic rings. The zero-order valence-corrected chi connectivity index (χ0v) is 12.9. The van der Waals surface area contributed by atoms with Crippen molar-refractivity contribution in [3.05, 3.63) is 47.9 Å². The van der Waals surface area contributed by atoms with E-state index in [1.807, 2.05) is 23.9 Å². The number of thioether (sulfide) groups is 1. The molecule has 1 aliphatic rings. The average molecular weight is 303 g/mol. The first kappa shape index (κ1) is 14.5. The van der Waals surface area contributed by atoms with Crippen LogP contribution in [0.4, 0.5) is 5.69 Å². The van der Waals surface area contributed by atoms with E-state index < -0.39 is 0 Å². The van der Waals surface area contributed by atoms with E-state index in [0.717, 1.165) is 16.7 Å². The summed E-state index contributed by atoms with van der Waals surface area (Å²) in [5.74, 6) is 1.46. The summed E-state index contributed by atoms with van der Waals surface area (Å²) in [6.07, 6.45) is 5.39. The third-order valence-corrected chi connectivity index (χ3v) is 5.22. The Morgan fingerprint density at radius 1 is 1.10 bits per heavy atom. The Bertz CT molecular complexity index is 576. The molecule has 1 aliphatic carbocycles. The van der Waals surface area contributed by atoms with Gasteiger partial charge in [-0.1, -0.05) is 25.0 Å². The molecular formula is C17H21NO2S. The molecule has 0 aliphatic heterocycles. The van der Waals surface area contributed by atoms with Crippen molar-refractivity contribution in [2.75, 3.05) is 5.32 Å². The maximum absolute atomic E-state index is 9.02. The van der Waals surface area contributed by atoms with E-state index >= 15 is 0 Å². The lowest BCUT2D eigenvalue weighted by molar-refractivity contribution is 0.244. The molecule has 0 amide bonds. The van der Waals surface area contributed by atoms with Gasteiger partial charge in [0.1, 0.15) is 18.1 Å². The van der Waals surface area contributed by atoms with Crippen molar-refractivity contribution in [1.29, 1.82) is 0 Å². The monoisotopic (exact) mass is 303 g/mol. The first-order valence-corrected chi connectivity index (χ1v) is 8.41. The summed E-state index contributed by atoms with van der Waals surface area (Å²) in [6.45, 7) is 0.594. The molecule has 1 fully saturated rings. The Kier molecular flexibility index (Phi) is 4.88. The molecule has 2 N–H and O–H groups in total. The largest absolute Gasteiger partial charge is 0.462 e. The molecule has 1 saturated carbocycles. The quantitative estimate of drug-likeness (QED) is 0.829. The van der Waals surface area contributed by atoms with Gasteiger partial charge in [0.05, 0.1) is 6.54 Å².